The summed E-state index contributed by atoms with van der Waals surface area (Å²) in [6.45, 7) is -0.390. The highest BCUT2D eigenvalue weighted by Crippen LogP contribution is 2.26. The number of rotatable bonds is 26. The van der Waals surface area contributed by atoms with Gasteiger partial charge in [0.2, 0.25) is 29.5 Å². The predicted octanol–water partition coefficient (Wildman–Crippen LogP) is -3.62. The number of nitrogens with one attached hydrogen (secondary N) is 5. The largest absolute Gasteiger partial charge is 0.481 e. The maximum Gasteiger partial charge on any atom is 0.327 e. The van der Waals surface area contributed by atoms with Crippen molar-refractivity contribution in [1.29, 1.82) is 0 Å². The molecule has 1 fully saturated rings. The molecule has 302 valence electrons. The van der Waals surface area contributed by atoms with Crippen molar-refractivity contribution in [1.82, 2.24) is 31.5 Å². The van der Waals surface area contributed by atoms with Crippen LogP contribution in [0.3, 0.4) is 0 Å². The number of thiol groups is 1. The number of carboxylic acids is 5. The maximum atomic E-state index is 12.8. The van der Waals surface area contributed by atoms with Crippen LogP contribution < -0.4 is 32.3 Å². The highest BCUT2D eigenvalue weighted by Gasteiger charge is 2.39. The Kier molecular flexibility index (Phi) is 20.4. The van der Waals surface area contributed by atoms with E-state index in [2.05, 4.69) is 33.9 Å². The van der Waals surface area contributed by atoms with Gasteiger partial charge >= 0.3 is 35.9 Å². The van der Waals surface area contributed by atoms with Gasteiger partial charge in [0.25, 0.3) is 0 Å². The van der Waals surface area contributed by atoms with E-state index >= 15 is 0 Å². The first-order valence-electron chi connectivity index (χ1n) is 16.2. The van der Waals surface area contributed by atoms with E-state index in [4.69, 9.17) is 26.2 Å². The summed E-state index contributed by atoms with van der Waals surface area (Å²) in [4.78, 5) is 132. The lowest BCUT2D eigenvalue weighted by molar-refractivity contribution is -0.143. The van der Waals surface area contributed by atoms with Gasteiger partial charge < -0.3 is 57.9 Å². The van der Waals surface area contributed by atoms with Gasteiger partial charge in [0, 0.05) is 43.9 Å². The lowest BCUT2D eigenvalue weighted by Crippen LogP contribution is -2.57. The number of thioether (sulfide) groups is 1. The minimum atomic E-state index is -1.67. The van der Waals surface area contributed by atoms with E-state index < -0.39 is 127 Å². The number of carboxylic acid groups (broad SMARTS) is 5. The molecule has 1 aliphatic rings. The minimum Gasteiger partial charge on any atom is -0.481 e. The van der Waals surface area contributed by atoms with Crippen molar-refractivity contribution in [2.75, 3.05) is 24.6 Å². The smallest absolute Gasteiger partial charge is 0.327 e. The van der Waals surface area contributed by atoms with Crippen LogP contribution in [0, 0.1) is 0 Å². The number of hydrogen-bond acceptors (Lipinski definition) is 14. The summed E-state index contributed by atoms with van der Waals surface area (Å²) in [7, 11) is 0. The third-order valence-corrected chi connectivity index (χ3v) is 9.13. The quantitative estimate of drug-likeness (QED) is 0.0228. The molecule has 2 unspecified atom stereocenters. The van der Waals surface area contributed by atoms with E-state index in [0.29, 0.717) is 19.3 Å². The molecule has 1 saturated heterocycles. The molecule has 0 aromatic heterocycles. The van der Waals surface area contributed by atoms with Gasteiger partial charge in [-0.2, -0.15) is 12.6 Å². The van der Waals surface area contributed by atoms with Crippen molar-refractivity contribution in [2.45, 2.75) is 86.8 Å². The zero-order valence-corrected chi connectivity index (χ0v) is 30.3. The summed E-state index contributed by atoms with van der Waals surface area (Å²) in [6, 6.07) is -8.91. The summed E-state index contributed by atoms with van der Waals surface area (Å²) in [5, 5.41) is 55.2. The third kappa shape index (κ3) is 17.1. The van der Waals surface area contributed by atoms with Crippen molar-refractivity contribution in [3.8, 4) is 0 Å². The molecule has 0 aromatic carbocycles. The Morgan fingerprint density at radius 3 is 1.91 bits per heavy atom. The molecule has 0 spiro atoms. The summed E-state index contributed by atoms with van der Waals surface area (Å²) in [5.74, 6) is -11.6. The standard InChI is InChI=1S/C29H43N7O16S2/c30-13(23(43)32-15(8-22(41)42)24(44)33-16(11-53)27(48)49)10-31-19(37)4-2-1-3-7-36-20(38)9-18(25(36)45)54-12-17(28(50)51)35-29(52)34-14(26(46)47)5-6-21(39)40/h13-18,53H,1-12,30H2,(H,31,37)(H,32,43)(H,33,44)(H,39,40)(H,41,42)(H,46,47)(H,48,49)(H,50,51)(H2,34,35,52)/t13-,14-,15-,16-,17?,18?/m0/s1. The number of imide groups is 1. The summed E-state index contributed by atoms with van der Waals surface area (Å²) in [6.07, 6.45) is -1.21. The van der Waals surface area contributed by atoms with Crippen LogP contribution in [-0.4, -0.2) is 156 Å². The molecule has 1 heterocycles. The number of amides is 7. The number of urea groups is 1. The van der Waals surface area contributed by atoms with E-state index in [1.807, 2.05) is 5.32 Å². The van der Waals surface area contributed by atoms with Crippen molar-refractivity contribution >= 4 is 89.8 Å². The van der Waals surface area contributed by atoms with E-state index in [9.17, 15) is 57.8 Å². The van der Waals surface area contributed by atoms with Crippen LogP contribution in [0.4, 0.5) is 4.79 Å². The average Bonchev–Trinajstić information content (AvgIpc) is 3.35. The summed E-state index contributed by atoms with van der Waals surface area (Å²) < 4.78 is 0. The molecule has 0 aromatic rings. The Bertz CT molecular complexity index is 1450. The molecule has 54 heavy (non-hydrogen) atoms. The molecular formula is C29H43N7O16S2. The Labute approximate surface area is 316 Å². The lowest BCUT2D eigenvalue weighted by Gasteiger charge is -2.21. The molecule has 0 radical (unpaired) electrons. The SMILES string of the molecule is N[C@@H](CNC(=O)CCCCCN1C(=O)CC(SCC(NC(=O)N[C@@H](CCC(=O)O)C(=O)O)C(=O)O)C1=O)C(=O)N[C@@H](CC(=O)O)C(=O)N[C@@H](CS)C(=O)O. The first-order valence-corrected chi connectivity index (χ1v) is 17.8. The second-order valence-electron chi connectivity index (χ2n) is 11.7. The summed E-state index contributed by atoms with van der Waals surface area (Å²) in [5.41, 5.74) is 5.75. The Morgan fingerprint density at radius 1 is 0.759 bits per heavy atom. The van der Waals surface area contributed by atoms with Gasteiger partial charge in [-0.1, -0.05) is 6.42 Å². The Balaban J connectivity index is 2.50. The monoisotopic (exact) mass is 809 g/mol. The fourth-order valence-electron chi connectivity index (χ4n) is 4.55. The number of likely N-dealkylation sites (tertiary alicyclic amines) is 1. The maximum absolute atomic E-state index is 12.8. The predicted molar refractivity (Wildman–Crippen MR) is 186 cm³/mol. The second-order valence-corrected chi connectivity index (χ2v) is 13.3. The first kappa shape index (κ1) is 46.9. The highest BCUT2D eigenvalue weighted by molar-refractivity contribution is 8.00. The molecule has 25 heteroatoms. The number of nitrogens with two attached hydrogens (primary N) is 1. The third-order valence-electron chi connectivity index (χ3n) is 7.47. The van der Waals surface area contributed by atoms with Crippen molar-refractivity contribution < 1.29 is 78.3 Å². The fraction of sp³-hybridized carbons (Fsp3) is 0.621. The molecule has 0 saturated carbocycles. The van der Waals surface area contributed by atoms with Crippen LogP contribution in [0.1, 0.15) is 51.4 Å². The normalized spacial score (nSPS) is 16.6. The van der Waals surface area contributed by atoms with E-state index in [0.717, 1.165) is 16.7 Å². The number of carbonyl (C=O) groups excluding carboxylic acids is 6. The fourth-order valence-corrected chi connectivity index (χ4v) is 5.97. The first-order chi connectivity index (χ1) is 25.3. The molecule has 23 nitrogen and oxygen atoms in total. The van der Waals surface area contributed by atoms with Crippen LogP contribution in [0.25, 0.3) is 0 Å². The van der Waals surface area contributed by atoms with E-state index in [-0.39, 0.29) is 30.9 Å². The zero-order valence-electron chi connectivity index (χ0n) is 28.6. The molecule has 7 amide bonds. The van der Waals surface area contributed by atoms with Crippen LogP contribution in [0.5, 0.6) is 0 Å². The molecule has 1 rings (SSSR count). The number of carbonyl (C=O) groups is 11. The van der Waals surface area contributed by atoms with Gasteiger partial charge in [-0.05, 0) is 19.3 Å². The number of hydrogen-bond donors (Lipinski definition) is 12. The van der Waals surface area contributed by atoms with Gasteiger partial charge in [-0.25, -0.2) is 19.2 Å². The van der Waals surface area contributed by atoms with Crippen LogP contribution in [-0.2, 0) is 47.9 Å². The topological polar surface area (TPSA) is 378 Å². The molecule has 0 bridgehead atoms. The minimum absolute atomic E-state index is 0.00359. The van der Waals surface area contributed by atoms with E-state index in [1.165, 1.54) is 0 Å². The zero-order chi connectivity index (χ0) is 41.1. The molecular weight excluding hydrogens is 766 g/mol. The van der Waals surface area contributed by atoms with Gasteiger partial charge in [-0.3, -0.25) is 38.5 Å². The van der Waals surface area contributed by atoms with Crippen molar-refractivity contribution in [3.63, 3.8) is 0 Å². The number of aliphatic carboxylic acids is 5. The molecule has 12 N–H and O–H groups in total. The molecule has 0 aliphatic carbocycles. The molecule has 1 aliphatic heterocycles. The highest BCUT2D eigenvalue weighted by atomic mass is 32.2. The number of nitrogens with zero attached hydrogens (tertiary/aromatic N) is 1. The van der Waals surface area contributed by atoms with Gasteiger partial charge in [-0.15, -0.1) is 11.8 Å². The van der Waals surface area contributed by atoms with Crippen molar-refractivity contribution in [3.05, 3.63) is 0 Å². The van der Waals surface area contributed by atoms with Gasteiger partial charge in [0.15, 0.2) is 0 Å². The van der Waals surface area contributed by atoms with Gasteiger partial charge in [0.1, 0.15) is 30.2 Å². The molecule has 6 atom stereocenters. The summed E-state index contributed by atoms with van der Waals surface area (Å²) >= 11 is 4.58. The number of unbranched alkanes of at least 4 members (excludes halogenated alkanes) is 2. The van der Waals surface area contributed by atoms with Crippen molar-refractivity contribution in [2.24, 2.45) is 5.73 Å². The van der Waals surface area contributed by atoms with Crippen LogP contribution in [0.15, 0.2) is 0 Å². The lowest BCUT2D eigenvalue weighted by atomic mass is 10.1. The Morgan fingerprint density at radius 2 is 1.35 bits per heavy atom. The average molecular weight is 810 g/mol. The van der Waals surface area contributed by atoms with E-state index in [1.54, 1.807) is 0 Å². The Hall–Kier alpha value is -5.17. The second kappa shape index (κ2) is 23.5. The van der Waals surface area contributed by atoms with Crippen LogP contribution in [0.2, 0.25) is 0 Å². The van der Waals surface area contributed by atoms with Gasteiger partial charge in [0.05, 0.1) is 11.7 Å². The van der Waals surface area contributed by atoms with Crippen LogP contribution >= 0.6 is 24.4 Å².